The summed E-state index contributed by atoms with van der Waals surface area (Å²) in [5, 5.41) is 7.04. The Kier molecular flexibility index (Phi) is 5.89. The zero-order valence-corrected chi connectivity index (χ0v) is 15.8. The van der Waals surface area contributed by atoms with E-state index in [1.165, 1.54) is 24.0 Å². The molecule has 22 heavy (non-hydrogen) atoms. The normalized spacial score (nSPS) is 19.6. The highest BCUT2D eigenvalue weighted by Gasteiger charge is 2.44. The average molecular weight is 411 g/mol. The topological polar surface area (TPSA) is 36.4 Å². The van der Waals surface area contributed by atoms with Gasteiger partial charge in [-0.05, 0) is 43.7 Å². The van der Waals surface area contributed by atoms with Gasteiger partial charge in [-0.15, -0.1) is 24.0 Å². The summed E-state index contributed by atoms with van der Waals surface area (Å²) >= 11 is 0. The smallest absolute Gasteiger partial charge is 0.191 e. The Labute approximate surface area is 150 Å². The van der Waals surface area contributed by atoms with Crippen LogP contribution in [0.1, 0.15) is 36.8 Å². The fraction of sp³-hybridized carbons (Fsp3) is 0.500. The Balaban J connectivity index is 0.00000176. The van der Waals surface area contributed by atoms with Crippen LogP contribution >= 0.6 is 24.0 Å². The first kappa shape index (κ1) is 17.3. The molecule has 1 aromatic carbocycles. The van der Waals surface area contributed by atoms with Crippen molar-refractivity contribution in [2.24, 2.45) is 4.99 Å². The third-order valence-electron chi connectivity index (χ3n) is 4.74. The van der Waals surface area contributed by atoms with Crippen molar-refractivity contribution in [2.45, 2.75) is 44.1 Å². The van der Waals surface area contributed by atoms with E-state index in [0.29, 0.717) is 11.5 Å². The fourth-order valence-electron chi connectivity index (χ4n) is 3.24. The highest BCUT2D eigenvalue weighted by molar-refractivity contribution is 14.0. The van der Waals surface area contributed by atoms with E-state index in [1.54, 1.807) is 0 Å². The van der Waals surface area contributed by atoms with Crippen molar-refractivity contribution in [3.8, 4) is 0 Å². The molecule has 0 unspecified atom stereocenters. The maximum Gasteiger partial charge on any atom is 0.191 e. The molecule has 3 rings (SSSR count). The lowest BCUT2D eigenvalue weighted by atomic mass is 9.92. The lowest BCUT2D eigenvalue weighted by Gasteiger charge is -2.22. The van der Waals surface area contributed by atoms with Crippen molar-refractivity contribution >= 4 is 29.9 Å². The van der Waals surface area contributed by atoms with E-state index in [4.69, 9.17) is 0 Å². The van der Waals surface area contributed by atoms with Gasteiger partial charge in [-0.3, -0.25) is 4.99 Å². The van der Waals surface area contributed by atoms with Crippen LogP contribution in [0.4, 0.5) is 0 Å². The Bertz CT molecular complexity index is 553. The van der Waals surface area contributed by atoms with E-state index in [9.17, 15) is 0 Å². The zero-order chi connectivity index (χ0) is 14.7. The molecule has 0 heterocycles. The molecule has 0 aromatic heterocycles. The Hall–Kier alpha value is -1.04. The minimum atomic E-state index is 0. The minimum absolute atomic E-state index is 0. The predicted molar refractivity (Wildman–Crippen MR) is 104 cm³/mol. The predicted octanol–water partition coefficient (Wildman–Crippen LogP) is 3.53. The van der Waals surface area contributed by atoms with Gasteiger partial charge >= 0.3 is 0 Å². The van der Waals surface area contributed by atoms with Gasteiger partial charge in [-0.1, -0.05) is 36.4 Å². The van der Waals surface area contributed by atoms with Crippen LogP contribution in [0, 0.1) is 6.92 Å². The van der Waals surface area contributed by atoms with Gasteiger partial charge in [0.25, 0.3) is 0 Å². The van der Waals surface area contributed by atoms with Crippen molar-refractivity contribution in [2.75, 3.05) is 13.6 Å². The molecule has 0 amide bonds. The van der Waals surface area contributed by atoms with Crippen LogP contribution in [0.3, 0.4) is 0 Å². The summed E-state index contributed by atoms with van der Waals surface area (Å²) in [4.78, 5) is 4.37. The first-order valence-electron chi connectivity index (χ1n) is 7.92. The molecule has 2 aliphatic carbocycles. The summed E-state index contributed by atoms with van der Waals surface area (Å²) in [5.74, 6) is 0.934. The van der Waals surface area contributed by atoms with Gasteiger partial charge in [0.05, 0.1) is 0 Å². The highest BCUT2D eigenvalue weighted by Crippen LogP contribution is 2.48. The van der Waals surface area contributed by atoms with E-state index in [2.05, 4.69) is 59.0 Å². The zero-order valence-electron chi connectivity index (χ0n) is 13.4. The first-order chi connectivity index (χ1) is 10.2. The number of nitrogens with zero attached hydrogens (tertiary/aromatic N) is 1. The summed E-state index contributed by atoms with van der Waals surface area (Å²) in [6, 6.07) is 9.27. The highest BCUT2D eigenvalue weighted by atomic mass is 127. The molecular formula is C18H26IN3. The third-order valence-corrected chi connectivity index (χ3v) is 4.74. The van der Waals surface area contributed by atoms with Crippen LogP contribution in [0.5, 0.6) is 0 Å². The molecule has 0 bridgehead atoms. The molecule has 3 nitrogen and oxygen atoms in total. The van der Waals surface area contributed by atoms with Crippen molar-refractivity contribution in [1.29, 1.82) is 0 Å². The number of benzene rings is 1. The molecule has 4 heteroatoms. The number of halogens is 1. The molecule has 2 aliphatic rings. The van der Waals surface area contributed by atoms with E-state index in [0.717, 1.165) is 25.3 Å². The van der Waals surface area contributed by atoms with Crippen LogP contribution in [-0.2, 0) is 5.41 Å². The summed E-state index contributed by atoms with van der Waals surface area (Å²) in [7, 11) is 1.85. The lowest BCUT2D eigenvalue weighted by Crippen LogP contribution is -2.45. The lowest BCUT2D eigenvalue weighted by molar-refractivity contribution is 0.604. The molecule has 0 radical (unpaired) electrons. The van der Waals surface area contributed by atoms with Gasteiger partial charge in [0.15, 0.2) is 5.96 Å². The van der Waals surface area contributed by atoms with Gasteiger partial charge in [-0.2, -0.15) is 0 Å². The van der Waals surface area contributed by atoms with Gasteiger partial charge in [0.2, 0.25) is 0 Å². The second-order valence-corrected chi connectivity index (χ2v) is 6.31. The van der Waals surface area contributed by atoms with Crippen molar-refractivity contribution in [1.82, 2.24) is 10.6 Å². The molecule has 0 aliphatic heterocycles. The largest absolute Gasteiger partial charge is 0.356 e. The Morgan fingerprint density at radius 3 is 2.50 bits per heavy atom. The molecule has 1 aromatic rings. The summed E-state index contributed by atoms with van der Waals surface area (Å²) < 4.78 is 0. The number of hydrogen-bond acceptors (Lipinski definition) is 1. The molecule has 0 spiro atoms. The van der Waals surface area contributed by atoms with Crippen LogP contribution < -0.4 is 10.6 Å². The maximum absolute atomic E-state index is 4.37. The van der Waals surface area contributed by atoms with Crippen LogP contribution in [0.2, 0.25) is 0 Å². The molecule has 0 saturated heterocycles. The average Bonchev–Trinajstić information content (AvgIpc) is 3.11. The van der Waals surface area contributed by atoms with Gasteiger partial charge < -0.3 is 10.6 Å². The SMILES string of the molecule is CN=C(NCC1(c2ccccc2C)CC1)NC1CC=CC1.I. The van der Waals surface area contributed by atoms with Gasteiger partial charge in [0.1, 0.15) is 0 Å². The number of aliphatic imine (C=N–C) groups is 1. The fourth-order valence-corrected chi connectivity index (χ4v) is 3.24. The molecular weight excluding hydrogens is 385 g/mol. The van der Waals surface area contributed by atoms with Gasteiger partial charge in [0, 0.05) is 25.0 Å². The van der Waals surface area contributed by atoms with E-state index in [-0.39, 0.29) is 24.0 Å². The number of rotatable bonds is 4. The van der Waals surface area contributed by atoms with Crippen molar-refractivity contribution < 1.29 is 0 Å². The quantitative estimate of drug-likeness (QED) is 0.344. The van der Waals surface area contributed by atoms with Gasteiger partial charge in [-0.25, -0.2) is 0 Å². The number of nitrogens with one attached hydrogen (secondary N) is 2. The van der Waals surface area contributed by atoms with E-state index in [1.807, 2.05) is 7.05 Å². The summed E-state index contributed by atoms with van der Waals surface area (Å²) in [6.07, 6.45) is 9.22. The maximum atomic E-state index is 4.37. The molecule has 0 atom stereocenters. The van der Waals surface area contributed by atoms with Crippen LogP contribution in [0.25, 0.3) is 0 Å². The molecule has 1 fully saturated rings. The van der Waals surface area contributed by atoms with Crippen molar-refractivity contribution in [3.63, 3.8) is 0 Å². The summed E-state index contributed by atoms with van der Waals surface area (Å²) in [5.41, 5.74) is 3.21. The Morgan fingerprint density at radius 2 is 1.91 bits per heavy atom. The monoisotopic (exact) mass is 411 g/mol. The number of guanidine groups is 1. The molecule has 2 N–H and O–H groups in total. The van der Waals surface area contributed by atoms with E-state index >= 15 is 0 Å². The van der Waals surface area contributed by atoms with Crippen LogP contribution in [0.15, 0.2) is 41.4 Å². The first-order valence-corrected chi connectivity index (χ1v) is 7.92. The molecule has 1 saturated carbocycles. The second kappa shape index (κ2) is 7.49. The van der Waals surface area contributed by atoms with Crippen LogP contribution in [-0.4, -0.2) is 25.6 Å². The summed E-state index contributed by atoms with van der Waals surface area (Å²) in [6.45, 7) is 3.18. The van der Waals surface area contributed by atoms with E-state index < -0.39 is 0 Å². The molecule has 120 valence electrons. The third kappa shape index (κ3) is 3.83. The standard InChI is InChI=1S/C18H25N3.HI/c1-14-7-3-6-10-16(14)18(11-12-18)13-20-17(19-2)21-15-8-4-5-9-15;/h3-7,10,15H,8-9,11-13H2,1-2H3,(H2,19,20,21);1H. The number of hydrogen-bond donors (Lipinski definition) is 2. The minimum Gasteiger partial charge on any atom is -0.356 e. The van der Waals surface area contributed by atoms with Crippen molar-refractivity contribution in [3.05, 3.63) is 47.5 Å². The Morgan fingerprint density at radius 1 is 1.23 bits per heavy atom. The second-order valence-electron chi connectivity index (χ2n) is 6.31. The number of aryl methyl sites for hydroxylation is 1.